The molecule has 0 aliphatic carbocycles. The van der Waals surface area contributed by atoms with Crippen LogP contribution in [-0.2, 0) is 19.6 Å². The summed E-state index contributed by atoms with van der Waals surface area (Å²) in [4.78, 5) is 36.8. The van der Waals surface area contributed by atoms with Crippen LogP contribution in [0.2, 0.25) is 0 Å². The Balaban J connectivity index is 1.64. The van der Waals surface area contributed by atoms with Crippen molar-refractivity contribution in [2.45, 2.75) is 18.7 Å². The molecule has 2 aromatic heterocycles. The number of nitrogens with one attached hydrogen (secondary N) is 1. The molecule has 3 rings (SSSR count). The number of sulfonamides is 1. The van der Waals surface area contributed by atoms with E-state index in [1.165, 1.54) is 23.5 Å². The molecule has 3 N–H and O–H groups in total. The molecule has 0 fully saturated rings. The standard InChI is InChI=1S/C21H21N3O6S2/c1-13-10-17(14(2)24(13)15-5-7-16(8-6-15)32(22,28)29)18(25)12-30-20(26)11-23-21(27)19-4-3-9-31-19/h3-10H,11-12H2,1-2H3,(H,23,27)(H2,22,28,29). The summed E-state index contributed by atoms with van der Waals surface area (Å²) in [6.45, 7) is 2.71. The summed E-state index contributed by atoms with van der Waals surface area (Å²) in [6.07, 6.45) is 0. The van der Waals surface area contributed by atoms with E-state index in [9.17, 15) is 22.8 Å². The Hall–Kier alpha value is -3.28. The topological polar surface area (TPSA) is 138 Å². The van der Waals surface area contributed by atoms with Crippen LogP contribution in [0.25, 0.3) is 5.69 Å². The van der Waals surface area contributed by atoms with E-state index in [1.807, 2.05) is 0 Å². The summed E-state index contributed by atoms with van der Waals surface area (Å²) in [7, 11) is -3.81. The van der Waals surface area contributed by atoms with E-state index in [-0.39, 0.29) is 17.3 Å². The van der Waals surface area contributed by atoms with Crippen LogP contribution in [0.15, 0.2) is 52.7 Å². The summed E-state index contributed by atoms with van der Waals surface area (Å²) in [5, 5.41) is 9.31. The lowest BCUT2D eigenvalue weighted by atomic mass is 10.1. The molecule has 9 nitrogen and oxygen atoms in total. The molecule has 0 radical (unpaired) electrons. The fraction of sp³-hybridized carbons (Fsp3) is 0.190. The first-order chi connectivity index (χ1) is 15.1. The zero-order chi connectivity index (χ0) is 23.5. The van der Waals surface area contributed by atoms with Gasteiger partial charge in [-0.05, 0) is 55.6 Å². The fourth-order valence-electron chi connectivity index (χ4n) is 3.15. The Bertz CT molecular complexity index is 1260. The number of nitrogens with zero attached hydrogens (tertiary/aromatic N) is 1. The summed E-state index contributed by atoms with van der Waals surface area (Å²) >= 11 is 1.25. The number of primary sulfonamides is 1. The number of aryl methyl sites for hydroxylation is 1. The number of nitrogens with two attached hydrogens (primary N) is 1. The molecule has 3 aromatic rings. The minimum absolute atomic E-state index is 0.0157. The van der Waals surface area contributed by atoms with Gasteiger partial charge in [0, 0.05) is 22.6 Å². The van der Waals surface area contributed by atoms with Crippen molar-refractivity contribution >= 4 is 39.0 Å². The number of ketones is 1. The molecule has 0 unspecified atom stereocenters. The summed E-state index contributed by atoms with van der Waals surface area (Å²) in [5.41, 5.74) is 2.37. The summed E-state index contributed by atoms with van der Waals surface area (Å²) in [6, 6.07) is 11.0. The Morgan fingerprint density at radius 2 is 1.81 bits per heavy atom. The third kappa shape index (κ3) is 5.31. The number of ether oxygens (including phenoxy) is 1. The van der Waals surface area contributed by atoms with Crippen molar-refractivity contribution in [3.63, 3.8) is 0 Å². The maximum atomic E-state index is 12.6. The van der Waals surface area contributed by atoms with Crippen molar-refractivity contribution in [3.05, 3.63) is 69.7 Å². The number of hydrogen-bond acceptors (Lipinski definition) is 7. The first-order valence-electron chi connectivity index (χ1n) is 9.40. The van der Waals surface area contributed by atoms with Crippen LogP contribution in [0.1, 0.15) is 31.4 Å². The van der Waals surface area contributed by atoms with E-state index >= 15 is 0 Å². The lowest BCUT2D eigenvalue weighted by Crippen LogP contribution is -2.31. The molecule has 0 aliphatic heterocycles. The molecule has 11 heteroatoms. The number of aromatic nitrogens is 1. The number of hydrogen-bond donors (Lipinski definition) is 2. The number of amides is 1. The second-order valence-electron chi connectivity index (χ2n) is 6.90. The van der Waals surface area contributed by atoms with Gasteiger partial charge in [0.15, 0.2) is 6.61 Å². The van der Waals surface area contributed by atoms with Gasteiger partial charge in [0.25, 0.3) is 5.91 Å². The molecular weight excluding hydrogens is 454 g/mol. The van der Waals surface area contributed by atoms with E-state index in [1.54, 1.807) is 54.1 Å². The first-order valence-corrected chi connectivity index (χ1v) is 11.8. The molecule has 0 saturated carbocycles. The Morgan fingerprint density at radius 3 is 2.41 bits per heavy atom. The number of rotatable bonds is 8. The van der Waals surface area contributed by atoms with E-state index < -0.39 is 28.4 Å². The number of esters is 1. The average molecular weight is 476 g/mol. The summed E-state index contributed by atoms with van der Waals surface area (Å²) < 4.78 is 29.7. The molecule has 1 aromatic carbocycles. The highest BCUT2D eigenvalue weighted by atomic mass is 32.2. The highest BCUT2D eigenvalue weighted by Crippen LogP contribution is 2.22. The Kier molecular flexibility index (Phi) is 6.92. The van der Waals surface area contributed by atoms with Crippen molar-refractivity contribution in [2.75, 3.05) is 13.2 Å². The number of carbonyl (C=O) groups excluding carboxylic acids is 3. The van der Waals surface area contributed by atoms with E-state index in [4.69, 9.17) is 9.88 Å². The second kappa shape index (κ2) is 9.47. The van der Waals surface area contributed by atoms with Crippen molar-refractivity contribution in [1.82, 2.24) is 9.88 Å². The molecule has 0 spiro atoms. The van der Waals surface area contributed by atoms with Crippen LogP contribution in [0.4, 0.5) is 0 Å². The second-order valence-corrected chi connectivity index (χ2v) is 9.41. The quantitative estimate of drug-likeness (QED) is 0.377. The van der Waals surface area contributed by atoms with Gasteiger partial charge in [-0.3, -0.25) is 14.4 Å². The molecule has 168 valence electrons. The lowest BCUT2D eigenvalue weighted by Gasteiger charge is -2.11. The van der Waals surface area contributed by atoms with Gasteiger partial charge in [0.05, 0.1) is 9.77 Å². The van der Waals surface area contributed by atoms with Crippen molar-refractivity contribution in [2.24, 2.45) is 5.14 Å². The molecule has 32 heavy (non-hydrogen) atoms. The maximum Gasteiger partial charge on any atom is 0.325 e. The highest BCUT2D eigenvalue weighted by Gasteiger charge is 2.19. The molecule has 0 saturated heterocycles. The Labute approximate surface area is 188 Å². The van der Waals surface area contributed by atoms with Gasteiger partial charge in [-0.2, -0.15) is 0 Å². The van der Waals surface area contributed by atoms with Gasteiger partial charge in [-0.25, -0.2) is 13.6 Å². The summed E-state index contributed by atoms with van der Waals surface area (Å²) in [5.74, 6) is -1.51. The van der Waals surface area contributed by atoms with Gasteiger partial charge in [-0.15, -0.1) is 11.3 Å². The fourth-order valence-corrected chi connectivity index (χ4v) is 4.30. The minimum Gasteiger partial charge on any atom is -0.456 e. The third-order valence-electron chi connectivity index (χ3n) is 4.66. The van der Waals surface area contributed by atoms with Gasteiger partial charge in [0.2, 0.25) is 15.8 Å². The van der Waals surface area contributed by atoms with Gasteiger partial charge in [0.1, 0.15) is 6.54 Å². The SMILES string of the molecule is Cc1cc(C(=O)COC(=O)CNC(=O)c2cccs2)c(C)n1-c1ccc(S(N)(=O)=O)cc1. The van der Waals surface area contributed by atoms with Gasteiger partial charge in [-0.1, -0.05) is 6.07 Å². The van der Waals surface area contributed by atoms with Crippen molar-refractivity contribution in [1.29, 1.82) is 0 Å². The first kappa shape index (κ1) is 23.4. The average Bonchev–Trinajstić information content (AvgIpc) is 3.38. The number of carbonyl (C=O) groups is 3. The highest BCUT2D eigenvalue weighted by molar-refractivity contribution is 7.89. The number of benzene rings is 1. The normalized spacial score (nSPS) is 11.2. The van der Waals surface area contributed by atoms with Crippen LogP contribution in [0.5, 0.6) is 0 Å². The van der Waals surface area contributed by atoms with E-state index in [0.717, 1.165) is 5.69 Å². The molecular formula is C21H21N3O6S2. The van der Waals surface area contributed by atoms with Crippen LogP contribution in [0, 0.1) is 13.8 Å². The predicted octanol–water partition coefficient (Wildman–Crippen LogP) is 1.96. The maximum absolute atomic E-state index is 12.6. The molecule has 0 atom stereocenters. The monoisotopic (exact) mass is 475 g/mol. The van der Waals surface area contributed by atoms with Crippen LogP contribution in [-0.4, -0.2) is 43.8 Å². The molecule has 1 amide bonds. The lowest BCUT2D eigenvalue weighted by molar-refractivity contribution is -0.141. The number of Topliss-reactive ketones (excluding diaryl/α,β-unsaturated/α-hetero) is 1. The van der Waals surface area contributed by atoms with Gasteiger partial charge < -0.3 is 14.6 Å². The zero-order valence-corrected chi connectivity index (χ0v) is 19.0. The number of thiophene rings is 1. The third-order valence-corrected chi connectivity index (χ3v) is 6.46. The van der Waals surface area contributed by atoms with E-state index in [2.05, 4.69) is 5.32 Å². The molecule has 2 heterocycles. The smallest absolute Gasteiger partial charge is 0.325 e. The van der Waals surface area contributed by atoms with Crippen LogP contribution in [0.3, 0.4) is 0 Å². The van der Waals surface area contributed by atoms with Crippen LogP contribution >= 0.6 is 11.3 Å². The molecule has 0 aliphatic rings. The van der Waals surface area contributed by atoms with Gasteiger partial charge >= 0.3 is 5.97 Å². The van der Waals surface area contributed by atoms with Crippen LogP contribution < -0.4 is 10.5 Å². The predicted molar refractivity (Wildman–Crippen MR) is 119 cm³/mol. The molecule has 0 bridgehead atoms. The van der Waals surface area contributed by atoms with Crippen molar-refractivity contribution in [3.8, 4) is 5.69 Å². The van der Waals surface area contributed by atoms with Crippen molar-refractivity contribution < 1.29 is 27.5 Å². The Morgan fingerprint density at radius 1 is 1.12 bits per heavy atom. The zero-order valence-electron chi connectivity index (χ0n) is 17.3. The van der Waals surface area contributed by atoms with E-state index in [0.29, 0.717) is 21.8 Å². The minimum atomic E-state index is -3.81. The largest absolute Gasteiger partial charge is 0.456 e.